The molecule has 1 aliphatic rings. The van der Waals surface area contributed by atoms with Gasteiger partial charge in [-0.3, -0.25) is 9.78 Å². The zero-order valence-corrected chi connectivity index (χ0v) is 14.4. The van der Waals surface area contributed by atoms with Gasteiger partial charge in [0.15, 0.2) is 0 Å². The van der Waals surface area contributed by atoms with Gasteiger partial charge in [0.1, 0.15) is 5.82 Å². The first-order chi connectivity index (χ1) is 11.7. The average Bonchev–Trinajstić information content (AvgIpc) is 3.06. The minimum Gasteiger partial charge on any atom is -0.352 e. The zero-order chi connectivity index (χ0) is 16.9. The number of hydrogen-bond donors (Lipinski definition) is 2. The Hall–Kier alpha value is -2.21. The second-order valence-electron chi connectivity index (χ2n) is 6.17. The second kappa shape index (κ2) is 7.57. The fraction of sp³-hybridized carbons (Fsp3) is 0.500. The molecule has 0 atom stereocenters. The predicted octanol–water partition coefficient (Wildman–Crippen LogP) is 1.50. The molecule has 128 valence electrons. The molecule has 0 saturated heterocycles. The van der Waals surface area contributed by atoms with Gasteiger partial charge in [-0.05, 0) is 36.6 Å². The smallest absolute Gasteiger partial charge is 0.222 e. The molecule has 3 rings (SSSR count). The van der Waals surface area contributed by atoms with E-state index in [0.717, 1.165) is 37.4 Å². The molecule has 1 amide bonds. The van der Waals surface area contributed by atoms with Crippen LogP contribution in [0.15, 0.2) is 18.6 Å². The monoisotopic (exact) mass is 327 g/mol. The largest absolute Gasteiger partial charge is 0.352 e. The topological polar surface area (TPSA) is 71.8 Å². The first kappa shape index (κ1) is 16.6. The summed E-state index contributed by atoms with van der Waals surface area (Å²) in [7, 11) is 0. The van der Waals surface area contributed by atoms with Crippen molar-refractivity contribution < 1.29 is 4.79 Å². The standard InChI is InChI=1S/C18H25N5O/c1-3-17-20-7-9-23(17)8-5-18(24)22-12-16-13(2)21-11-14-10-19-6-4-15(14)16/h7,9,11,19H,3-6,8,10,12H2,1-2H3,(H,22,24). The molecule has 2 N–H and O–H groups in total. The zero-order valence-electron chi connectivity index (χ0n) is 14.4. The van der Waals surface area contributed by atoms with Crippen LogP contribution in [0.25, 0.3) is 0 Å². The molecule has 0 radical (unpaired) electrons. The van der Waals surface area contributed by atoms with Crippen LogP contribution in [0.1, 0.15) is 41.6 Å². The van der Waals surface area contributed by atoms with E-state index in [1.807, 2.05) is 23.9 Å². The molecule has 0 bridgehead atoms. The number of pyridine rings is 1. The number of aryl methyl sites for hydroxylation is 3. The number of nitrogens with zero attached hydrogens (tertiary/aromatic N) is 3. The number of rotatable bonds is 6. The second-order valence-corrected chi connectivity index (χ2v) is 6.17. The summed E-state index contributed by atoms with van der Waals surface area (Å²) in [6.45, 7) is 7.17. The fourth-order valence-electron chi connectivity index (χ4n) is 3.23. The predicted molar refractivity (Wildman–Crippen MR) is 92.5 cm³/mol. The lowest BCUT2D eigenvalue weighted by atomic mass is 9.96. The van der Waals surface area contributed by atoms with E-state index in [1.54, 1.807) is 6.20 Å². The van der Waals surface area contributed by atoms with Gasteiger partial charge in [-0.1, -0.05) is 6.92 Å². The minimum atomic E-state index is 0.0664. The van der Waals surface area contributed by atoms with Crippen molar-refractivity contribution in [1.29, 1.82) is 0 Å². The van der Waals surface area contributed by atoms with Crippen LogP contribution in [0.4, 0.5) is 0 Å². The van der Waals surface area contributed by atoms with Crippen molar-refractivity contribution in [2.24, 2.45) is 0 Å². The molecule has 0 fully saturated rings. The van der Waals surface area contributed by atoms with E-state index in [1.165, 1.54) is 16.7 Å². The number of carbonyl (C=O) groups is 1. The molecule has 6 heteroatoms. The van der Waals surface area contributed by atoms with Gasteiger partial charge in [-0.25, -0.2) is 4.98 Å². The molecule has 3 heterocycles. The van der Waals surface area contributed by atoms with Crippen LogP contribution in [-0.4, -0.2) is 27.0 Å². The molecule has 6 nitrogen and oxygen atoms in total. The quantitative estimate of drug-likeness (QED) is 0.843. The number of nitrogens with one attached hydrogen (secondary N) is 2. The number of aromatic nitrogens is 3. The van der Waals surface area contributed by atoms with Crippen LogP contribution < -0.4 is 10.6 Å². The summed E-state index contributed by atoms with van der Waals surface area (Å²) < 4.78 is 2.04. The van der Waals surface area contributed by atoms with E-state index < -0.39 is 0 Å². The van der Waals surface area contributed by atoms with Crippen LogP contribution >= 0.6 is 0 Å². The SMILES string of the molecule is CCc1nccn1CCC(=O)NCc1c(C)ncc2c1CCNC2. The van der Waals surface area contributed by atoms with Crippen LogP contribution in [0.5, 0.6) is 0 Å². The Balaban J connectivity index is 1.59. The van der Waals surface area contributed by atoms with Crippen LogP contribution in [0.2, 0.25) is 0 Å². The summed E-state index contributed by atoms with van der Waals surface area (Å²) in [5.74, 6) is 1.09. The van der Waals surface area contributed by atoms with E-state index in [2.05, 4.69) is 27.5 Å². The van der Waals surface area contributed by atoms with E-state index in [9.17, 15) is 4.79 Å². The number of carbonyl (C=O) groups excluding carboxylic acids is 1. The van der Waals surface area contributed by atoms with E-state index in [4.69, 9.17) is 0 Å². The maximum absolute atomic E-state index is 12.2. The molecule has 1 aliphatic heterocycles. The normalized spacial score (nSPS) is 13.6. The highest BCUT2D eigenvalue weighted by Crippen LogP contribution is 2.20. The summed E-state index contributed by atoms with van der Waals surface area (Å²) in [6, 6.07) is 0. The van der Waals surface area contributed by atoms with Crippen molar-refractivity contribution in [2.45, 2.75) is 52.7 Å². The van der Waals surface area contributed by atoms with Crippen molar-refractivity contribution >= 4 is 5.91 Å². The van der Waals surface area contributed by atoms with Gasteiger partial charge in [-0.15, -0.1) is 0 Å². The molecule has 0 aliphatic carbocycles. The Bertz CT molecular complexity index is 722. The summed E-state index contributed by atoms with van der Waals surface area (Å²) in [6.07, 6.45) is 8.01. The molecule has 0 saturated carbocycles. The minimum absolute atomic E-state index is 0.0664. The van der Waals surface area contributed by atoms with Gasteiger partial charge in [0.2, 0.25) is 5.91 Å². The van der Waals surface area contributed by atoms with Gasteiger partial charge >= 0.3 is 0 Å². The summed E-state index contributed by atoms with van der Waals surface area (Å²) in [5.41, 5.74) is 4.80. The van der Waals surface area contributed by atoms with Crippen molar-refractivity contribution in [3.63, 3.8) is 0 Å². The molecule has 0 unspecified atom stereocenters. The third-order valence-corrected chi connectivity index (χ3v) is 4.63. The van der Waals surface area contributed by atoms with E-state index in [0.29, 0.717) is 19.5 Å². The molecule has 24 heavy (non-hydrogen) atoms. The summed E-state index contributed by atoms with van der Waals surface area (Å²) in [5, 5.41) is 6.42. The molecule has 0 aromatic carbocycles. The summed E-state index contributed by atoms with van der Waals surface area (Å²) in [4.78, 5) is 21.0. The molecule has 2 aromatic rings. The van der Waals surface area contributed by atoms with Crippen LogP contribution in [0.3, 0.4) is 0 Å². The highest BCUT2D eigenvalue weighted by atomic mass is 16.1. The maximum atomic E-state index is 12.2. The van der Waals surface area contributed by atoms with Crippen LogP contribution in [-0.2, 0) is 37.3 Å². The van der Waals surface area contributed by atoms with Gasteiger partial charge in [0.05, 0.1) is 0 Å². The fourth-order valence-corrected chi connectivity index (χ4v) is 3.23. The molecular formula is C18H25N5O. The lowest BCUT2D eigenvalue weighted by molar-refractivity contribution is -0.121. The summed E-state index contributed by atoms with van der Waals surface area (Å²) >= 11 is 0. The van der Waals surface area contributed by atoms with Gasteiger partial charge in [0.25, 0.3) is 0 Å². The van der Waals surface area contributed by atoms with E-state index in [-0.39, 0.29) is 5.91 Å². The average molecular weight is 327 g/mol. The third kappa shape index (κ3) is 3.64. The van der Waals surface area contributed by atoms with Gasteiger partial charge in [-0.2, -0.15) is 0 Å². The maximum Gasteiger partial charge on any atom is 0.222 e. The Labute approximate surface area is 142 Å². The molecular weight excluding hydrogens is 302 g/mol. The van der Waals surface area contributed by atoms with Crippen molar-refractivity contribution in [1.82, 2.24) is 25.2 Å². The first-order valence-corrected chi connectivity index (χ1v) is 8.62. The third-order valence-electron chi connectivity index (χ3n) is 4.63. The highest BCUT2D eigenvalue weighted by Gasteiger charge is 2.16. The van der Waals surface area contributed by atoms with Crippen molar-refractivity contribution in [3.05, 3.63) is 46.8 Å². The number of fused-ring (bicyclic) bond motifs is 1. The van der Waals surface area contributed by atoms with E-state index >= 15 is 0 Å². The molecule has 2 aromatic heterocycles. The Morgan fingerprint density at radius 2 is 2.29 bits per heavy atom. The van der Waals surface area contributed by atoms with Crippen molar-refractivity contribution in [3.8, 4) is 0 Å². The number of amides is 1. The lowest BCUT2D eigenvalue weighted by Crippen LogP contribution is -2.29. The molecule has 0 spiro atoms. The Morgan fingerprint density at radius 3 is 3.12 bits per heavy atom. The Kier molecular flexibility index (Phi) is 5.25. The van der Waals surface area contributed by atoms with Gasteiger partial charge in [0, 0.05) is 56.8 Å². The van der Waals surface area contributed by atoms with Crippen LogP contribution in [0, 0.1) is 6.92 Å². The lowest BCUT2D eigenvalue weighted by Gasteiger charge is -2.21. The van der Waals surface area contributed by atoms with Gasteiger partial charge < -0.3 is 15.2 Å². The number of imidazole rings is 1. The van der Waals surface area contributed by atoms with Crippen molar-refractivity contribution in [2.75, 3.05) is 6.54 Å². The number of hydrogen-bond acceptors (Lipinski definition) is 4. The Morgan fingerprint density at radius 1 is 1.42 bits per heavy atom. The highest BCUT2D eigenvalue weighted by molar-refractivity contribution is 5.75. The first-order valence-electron chi connectivity index (χ1n) is 8.62.